The van der Waals surface area contributed by atoms with Gasteiger partial charge in [0.1, 0.15) is 6.61 Å². The van der Waals surface area contributed by atoms with Crippen molar-refractivity contribution < 1.29 is 13.5 Å². The molecule has 0 radical (unpaired) electrons. The molecular formula is C11H18F2N2OS. The summed E-state index contributed by atoms with van der Waals surface area (Å²) < 4.78 is 28.4. The fourth-order valence-electron chi connectivity index (χ4n) is 1.30. The normalized spacial score (nSPS) is 13.2. The van der Waals surface area contributed by atoms with Crippen molar-refractivity contribution >= 4 is 11.3 Å². The Labute approximate surface area is 104 Å². The molecule has 1 rings (SSSR count). The van der Waals surface area contributed by atoms with Crippen LogP contribution in [0, 0.1) is 0 Å². The van der Waals surface area contributed by atoms with Crippen molar-refractivity contribution in [1.29, 1.82) is 0 Å². The van der Waals surface area contributed by atoms with Gasteiger partial charge in [-0.25, -0.2) is 13.8 Å². The van der Waals surface area contributed by atoms with E-state index in [-0.39, 0.29) is 12.6 Å². The quantitative estimate of drug-likeness (QED) is 0.733. The van der Waals surface area contributed by atoms with Gasteiger partial charge in [0.2, 0.25) is 0 Å². The zero-order valence-electron chi connectivity index (χ0n) is 9.86. The largest absolute Gasteiger partial charge is 0.375 e. The highest BCUT2D eigenvalue weighted by molar-refractivity contribution is 7.09. The van der Waals surface area contributed by atoms with Gasteiger partial charge in [0.05, 0.1) is 17.3 Å². The molecule has 3 nitrogen and oxygen atoms in total. The summed E-state index contributed by atoms with van der Waals surface area (Å²) in [6.07, 6.45) is -0.127. The minimum absolute atomic E-state index is 0.139. The average Bonchev–Trinajstić information content (AvgIpc) is 2.72. The summed E-state index contributed by atoms with van der Waals surface area (Å²) in [7, 11) is 0. The van der Waals surface area contributed by atoms with Crippen molar-refractivity contribution in [3.63, 3.8) is 0 Å². The second-order valence-corrected chi connectivity index (χ2v) is 4.76. The number of halogens is 2. The first kappa shape index (κ1) is 14.5. The Morgan fingerprint density at radius 1 is 1.53 bits per heavy atom. The lowest BCUT2D eigenvalue weighted by atomic mass is 10.1. The third kappa shape index (κ3) is 6.05. The molecule has 0 aromatic carbocycles. The predicted molar refractivity (Wildman–Crippen MR) is 64.6 cm³/mol. The maximum absolute atomic E-state index is 11.8. The number of ether oxygens (including phenoxy) is 1. The van der Waals surface area contributed by atoms with Gasteiger partial charge in [0, 0.05) is 24.3 Å². The van der Waals surface area contributed by atoms with E-state index in [2.05, 4.69) is 4.98 Å². The Morgan fingerprint density at radius 3 is 2.94 bits per heavy atom. The van der Waals surface area contributed by atoms with Gasteiger partial charge in [0.25, 0.3) is 6.43 Å². The van der Waals surface area contributed by atoms with Crippen LogP contribution in [0.3, 0.4) is 0 Å². The van der Waals surface area contributed by atoms with Crippen LogP contribution in [0.1, 0.15) is 24.0 Å². The van der Waals surface area contributed by atoms with Crippen LogP contribution < -0.4 is 5.73 Å². The summed E-state index contributed by atoms with van der Waals surface area (Å²) in [5, 5.41) is 2.88. The first-order valence-electron chi connectivity index (χ1n) is 5.66. The third-order valence-electron chi connectivity index (χ3n) is 2.30. The number of alkyl halides is 2. The van der Waals surface area contributed by atoms with Crippen molar-refractivity contribution in [2.24, 2.45) is 5.73 Å². The summed E-state index contributed by atoms with van der Waals surface area (Å²) >= 11 is 1.53. The Balaban J connectivity index is 2.26. The van der Waals surface area contributed by atoms with Crippen molar-refractivity contribution in [1.82, 2.24) is 4.98 Å². The smallest absolute Gasteiger partial charge is 0.261 e. The second-order valence-electron chi connectivity index (χ2n) is 3.82. The van der Waals surface area contributed by atoms with Crippen LogP contribution in [-0.4, -0.2) is 30.7 Å². The standard InChI is InChI=1S/C11H18F2N2OS/c1-2-8(14)5-9-7-17-11(15-9)3-4-16-6-10(12)13/h7-8,10H,2-6,14H2,1H3. The summed E-state index contributed by atoms with van der Waals surface area (Å²) in [6, 6.07) is 0.139. The van der Waals surface area contributed by atoms with Crippen LogP contribution in [0.5, 0.6) is 0 Å². The van der Waals surface area contributed by atoms with E-state index in [1.165, 1.54) is 11.3 Å². The van der Waals surface area contributed by atoms with Gasteiger partial charge in [-0.2, -0.15) is 0 Å². The van der Waals surface area contributed by atoms with E-state index in [1.54, 1.807) is 0 Å². The second kappa shape index (κ2) is 7.68. The van der Waals surface area contributed by atoms with Gasteiger partial charge >= 0.3 is 0 Å². The number of rotatable bonds is 8. The van der Waals surface area contributed by atoms with E-state index in [9.17, 15) is 8.78 Å². The van der Waals surface area contributed by atoms with Crippen molar-refractivity contribution in [3.8, 4) is 0 Å². The molecule has 0 fully saturated rings. The maximum Gasteiger partial charge on any atom is 0.261 e. The maximum atomic E-state index is 11.8. The number of nitrogens with two attached hydrogens (primary N) is 1. The van der Waals surface area contributed by atoms with E-state index in [0.29, 0.717) is 6.42 Å². The number of thiazole rings is 1. The SMILES string of the molecule is CCC(N)Cc1csc(CCOCC(F)F)n1. The molecule has 0 bridgehead atoms. The summed E-state index contributed by atoms with van der Waals surface area (Å²) in [5.41, 5.74) is 6.81. The van der Waals surface area contributed by atoms with Gasteiger partial charge in [-0.3, -0.25) is 0 Å². The molecule has 0 aliphatic heterocycles. The van der Waals surface area contributed by atoms with Gasteiger partial charge < -0.3 is 10.5 Å². The molecule has 1 unspecified atom stereocenters. The minimum Gasteiger partial charge on any atom is -0.375 e. The zero-order valence-corrected chi connectivity index (χ0v) is 10.7. The first-order chi connectivity index (χ1) is 8.11. The lowest BCUT2D eigenvalue weighted by Gasteiger charge is -2.04. The van der Waals surface area contributed by atoms with Crippen LogP contribution in [0.25, 0.3) is 0 Å². The molecule has 0 amide bonds. The molecule has 2 N–H and O–H groups in total. The molecular weight excluding hydrogens is 246 g/mol. The number of hydrogen-bond acceptors (Lipinski definition) is 4. The van der Waals surface area contributed by atoms with Gasteiger partial charge in [-0.15, -0.1) is 11.3 Å². The Kier molecular flexibility index (Phi) is 6.54. The van der Waals surface area contributed by atoms with Gasteiger partial charge in [0.15, 0.2) is 0 Å². The zero-order chi connectivity index (χ0) is 12.7. The van der Waals surface area contributed by atoms with Crippen molar-refractivity contribution in [3.05, 3.63) is 16.1 Å². The number of hydrogen-bond donors (Lipinski definition) is 1. The highest BCUT2D eigenvalue weighted by atomic mass is 32.1. The highest BCUT2D eigenvalue weighted by Gasteiger charge is 2.07. The molecule has 98 valence electrons. The molecule has 1 aromatic rings. The molecule has 0 saturated heterocycles. The molecule has 1 atom stereocenters. The summed E-state index contributed by atoms with van der Waals surface area (Å²) in [6.45, 7) is 1.83. The number of aromatic nitrogens is 1. The van der Waals surface area contributed by atoms with Crippen LogP contribution >= 0.6 is 11.3 Å². The lowest BCUT2D eigenvalue weighted by molar-refractivity contribution is 0.0187. The van der Waals surface area contributed by atoms with Gasteiger partial charge in [-0.1, -0.05) is 6.92 Å². The van der Waals surface area contributed by atoms with E-state index in [0.717, 1.165) is 23.5 Å². The average molecular weight is 264 g/mol. The first-order valence-corrected chi connectivity index (χ1v) is 6.54. The Morgan fingerprint density at radius 2 is 2.29 bits per heavy atom. The predicted octanol–water partition coefficient (Wildman–Crippen LogP) is 2.25. The fraction of sp³-hybridized carbons (Fsp3) is 0.727. The highest BCUT2D eigenvalue weighted by Crippen LogP contribution is 2.12. The van der Waals surface area contributed by atoms with E-state index < -0.39 is 13.0 Å². The Hall–Kier alpha value is -0.590. The fourth-order valence-corrected chi connectivity index (χ4v) is 2.09. The van der Waals surface area contributed by atoms with E-state index in [4.69, 9.17) is 10.5 Å². The lowest BCUT2D eigenvalue weighted by Crippen LogP contribution is -2.21. The van der Waals surface area contributed by atoms with Gasteiger partial charge in [-0.05, 0) is 6.42 Å². The topological polar surface area (TPSA) is 48.1 Å². The number of nitrogens with zero attached hydrogens (tertiary/aromatic N) is 1. The van der Waals surface area contributed by atoms with Crippen molar-refractivity contribution in [2.45, 2.75) is 38.7 Å². The summed E-state index contributed by atoms with van der Waals surface area (Å²) in [5.74, 6) is 0. The van der Waals surface area contributed by atoms with Crippen LogP contribution in [0.4, 0.5) is 8.78 Å². The molecule has 0 aliphatic rings. The van der Waals surface area contributed by atoms with E-state index in [1.807, 2.05) is 12.3 Å². The molecule has 17 heavy (non-hydrogen) atoms. The third-order valence-corrected chi connectivity index (χ3v) is 3.26. The van der Waals surface area contributed by atoms with E-state index >= 15 is 0 Å². The molecule has 0 saturated carbocycles. The molecule has 6 heteroatoms. The van der Waals surface area contributed by atoms with Crippen LogP contribution in [0.15, 0.2) is 5.38 Å². The van der Waals surface area contributed by atoms with Crippen LogP contribution in [-0.2, 0) is 17.6 Å². The van der Waals surface area contributed by atoms with Crippen LogP contribution in [0.2, 0.25) is 0 Å². The molecule has 1 heterocycles. The molecule has 0 spiro atoms. The summed E-state index contributed by atoms with van der Waals surface area (Å²) in [4.78, 5) is 4.39. The Bertz CT molecular complexity index is 320. The monoisotopic (exact) mass is 264 g/mol. The molecule has 1 aromatic heterocycles. The van der Waals surface area contributed by atoms with Crippen molar-refractivity contribution in [2.75, 3.05) is 13.2 Å². The minimum atomic E-state index is -2.40. The molecule has 0 aliphatic carbocycles.